The van der Waals surface area contributed by atoms with Crippen molar-refractivity contribution in [2.75, 3.05) is 18.1 Å². The van der Waals surface area contributed by atoms with E-state index in [9.17, 15) is 14.4 Å². The average molecular weight is 293 g/mol. The summed E-state index contributed by atoms with van der Waals surface area (Å²) in [4.78, 5) is 36.9. The second-order valence-corrected chi connectivity index (χ2v) is 6.79. The van der Waals surface area contributed by atoms with Crippen LogP contribution in [0.15, 0.2) is 24.3 Å². The van der Waals surface area contributed by atoms with Gasteiger partial charge in [0.2, 0.25) is 5.12 Å². The molecule has 2 aliphatic rings. The number of rotatable bonds is 4. The van der Waals surface area contributed by atoms with Gasteiger partial charge in [0.15, 0.2) is 0 Å². The molecule has 1 aromatic carbocycles. The zero-order valence-corrected chi connectivity index (χ0v) is 11.6. The number of hydrogen-bond acceptors (Lipinski definition) is 5. The van der Waals surface area contributed by atoms with Crippen LogP contribution >= 0.6 is 23.5 Å². The van der Waals surface area contributed by atoms with Crippen LogP contribution in [0.2, 0.25) is 0 Å². The maximum Gasteiger partial charge on any atom is 0.261 e. The Hall–Kier alpha value is -1.27. The lowest BCUT2D eigenvalue weighted by molar-refractivity contribution is -0.111. The molecule has 2 aliphatic heterocycles. The Morgan fingerprint density at radius 2 is 1.84 bits per heavy atom. The van der Waals surface area contributed by atoms with Crippen LogP contribution in [0.5, 0.6) is 0 Å². The molecule has 1 atom stereocenters. The highest BCUT2D eigenvalue weighted by atomic mass is 32.2. The van der Waals surface area contributed by atoms with E-state index in [1.165, 1.54) is 11.8 Å². The van der Waals surface area contributed by atoms with Crippen molar-refractivity contribution in [3.8, 4) is 0 Å². The van der Waals surface area contributed by atoms with E-state index < -0.39 is 0 Å². The molecule has 0 bridgehead atoms. The number of imide groups is 1. The van der Waals surface area contributed by atoms with E-state index in [4.69, 9.17) is 0 Å². The van der Waals surface area contributed by atoms with Crippen LogP contribution < -0.4 is 0 Å². The maximum atomic E-state index is 12.0. The molecule has 6 heteroatoms. The molecular formula is C13H11NO3S2. The van der Waals surface area contributed by atoms with Gasteiger partial charge in [-0.2, -0.15) is 11.8 Å². The number of thioether (sulfide) groups is 2. The fraction of sp³-hybridized carbons (Fsp3) is 0.308. The van der Waals surface area contributed by atoms with Gasteiger partial charge in [-0.3, -0.25) is 19.3 Å². The molecule has 19 heavy (non-hydrogen) atoms. The van der Waals surface area contributed by atoms with Crippen molar-refractivity contribution in [2.24, 2.45) is 0 Å². The summed E-state index contributed by atoms with van der Waals surface area (Å²) < 4.78 is 0. The molecular weight excluding hydrogens is 282 g/mol. The van der Waals surface area contributed by atoms with Gasteiger partial charge in [-0.1, -0.05) is 23.9 Å². The molecule has 1 saturated heterocycles. The van der Waals surface area contributed by atoms with Crippen molar-refractivity contribution in [3.05, 3.63) is 35.4 Å². The third-order valence-electron chi connectivity index (χ3n) is 3.00. The van der Waals surface area contributed by atoms with Gasteiger partial charge >= 0.3 is 0 Å². The predicted octanol–water partition coefficient (Wildman–Crippen LogP) is 1.66. The SMILES string of the molecule is O=C(CN1C(=O)c2ccccc2C1=O)SCC1CS1. The Morgan fingerprint density at radius 3 is 2.37 bits per heavy atom. The molecule has 0 N–H and O–H groups in total. The fourth-order valence-electron chi connectivity index (χ4n) is 1.91. The van der Waals surface area contributed by atoms with Crippen LogP contribution in [0.3, 0.4) is 0 Å². The first-order valence-electron chi connectivity index (χ1n) is 5.89. The van der Waals surface area contributed by atoms with Crippen molar-refractivity contribution in [2.45, 2.75) is 5.25 Å². The van der Waals surface area contributed by atoms with Crippen molar-refractivity contribution in [1.82, 2.24) is 4.90 Å². The minimum absolute atomic E-state index is 0.123. The van der Waals surface area contributed by atoms with Crippen molar-refractivity contribution >= 4 is 40.5 Å². The summed E-state index contributed by atoms with van der Waals surface area (Å²) in [5.41, 5.74) is 0.783. The number of carbonyl (C=O) groups excluding carboxylic acids is 3. The number of nitrogens with zero attached hydrogens (tertiary/aromatic N) is 1. The third-order valence-corrected chi connectivity index (χ3v) is 5.20. The van der Waals surface area contributed by atoms with Crippen molar-refractivity contribution in [3.63, 3.8) is 0 Å². The van der Waals surface area contributed by atoms with E-state index in [0.29, 0.717) is 16.4 Å². The zero-order chi connectivity index (χ0) is 13.4. The molecule has 4 nitrogen and oxygen atoms in total. The predicted molar refractivity (Wildman–Crippen MR) is 75.5 cm³/mol. The van der Waals surface area contributed by atoms with Crippen LogP contribution in [-0.2, 0) is 4.79 Å². The first-order chi connectivity index (χ1) is 9.16. The molecule has 1 unspecified atom stereocenters. The Balaban J connectivity index is 1.67. The van der Waals surface area contributed by atoms with Gasteiger partial charge in [-0.05, 0) is 12.1 Å². The van der Waals surface area contributed by atoms with Gasteiger partial charge in [0.05, 0.1) is 17.7 Å². The second-order valence-electron chi connectivity index (χ2n) is 4.38. The number of carbonyl (C=O) groups is 3. The van der Waals surface area contributed by atoms with Crippen LogP contribution in [0, 0.1) is 0 Å². The highest BCUT2D eigenvalue weighted by Gasteiger charge is 2.36. The summed E-state index contributed by atoms with van der Waals surface area (Å²) in [7, 11) is 0. The average Bonchev–Trinajstić information content (AvgIpc) is 3.22. The van der Waals surface area contributed by atoms with E-state index in [0.717, 1.165) is 16.4 Å². The first-order valence-corrected chi connectivity index (χ1v) is 7.92. The number of benzene rings is 1. The smallest absolute Gasteiger partial charge is 0.261 e. The molecule has 98 valence electrons. The van der Waals surface area contributed by atoms with Crippen LogP contribution in [0.1, 0.15) is 20.7 Å². The van der Waals surface area contributed by atoms with Gasteiger partial charge in [0, 0.05) is 16.8 Å². The van der Waals surface area contributed by atoms with E-state index in [-0.39, 0.29) is 23.5 Å². The van der Waals surface area contributed by atoms with E-state index in [1.807, 2.05) is 11.8 Å². The van der Waals surface area contributed by atoms with Gasteiger partial charge < -0.3 is 0 Å². The van der Waals surface area contributed by atoms with Crippen LogP contribution in [0.4, 0.5) is 0 Å². The minimum atomic E-state index is -0.365. The number of hydrogen-bond donors (Lipinski definition) is 0. The molecule has 0 aromatic heterocycles. The molecule has 2 heterocycles. The third kappa shape index (κ3) is 2.55. The van der Waals surface area contributed by atoms with Gasteiger partial charge in [-0.25, -0.2) is 0 Å². The summed E-state index contributed by atoms with van der Waals surface area (Å²) >= 11 is 3.03. The summed E-state index contributed by atoms with van der Waals surface area (Å²) in [6.45, 7) is -0.131. The Labute approximate surface area is 118 Å². The monoisotopic (exact) mass is 293 g/mol. The van der Waals surface area contributed by atoms with Gasteiger partial charge in [0.1, 0.15) is 0 Å². The summed E-state index contributed by atoms with van der Waals surface area (Å²) in [5, 5.41) is 0.443. The topological polar surface area (TPSA) is 54.5 Å². The summed E-state index contributed by atoms with van der Waals surface area (Å²) in [5.74, 6) is 1.14. The lowest BCUT2D eigenvalue weighted by Gasteiger charge is -2.11. The molecule has 2 amide bonds. The molecule has 1 aromatic rings. The van der Waals surface area contributed by atoms with Gasteiger partial charge in [0.25, 0.3) is 11.8 Å². The highest BCUT2D eigenvalue weighted by molar-refractivity contribution is 8.15. The fourth-order valence-corrected chi connectivity index (χ4v) is 3.61. The van der Waals surface area contributed by atoms with E-state index in [1.54, 1.807) is 24.3 Å². The molecule has 0 radical (unpaired) electrons. The largest absolute Gasteiger partial charge is 0.285 e. The Bertz CT molecular complexity index is 534. The van der Waals surface area contributed by atoms with Gasteiger partial charge in [-0.15, -0.1) is 0 Å². The molecule has 0 saturated carbocycles. The molecule has 1 fully saturated rings. The molecule has 3 rings (SSSR count). The second kappa shape index (κ2) is 5.02. The highest BCUT2D eigenvalue weighted by Crippen LogP contribution is 2.33. The molecule has 0 aliphatic carbocycles. The maximum absolute atomic E-state index is 12.0. The Morgan fingerprint density at radius 1 is 1.26 bits per heavy atom. The van der Waals surface area contributed by atoms with E-state index >= 15 is 0 Å². The Kier molecular flexibility index (Phi) is 3.36. The quantitative estimate of drug-likeness (QED) is 0.624. The van der Waals surface area contributed by atoms with E-state index in [2.05, 4.69) is 0 Å². The normalized spacial score (nSPS) is 20.6. The van der Waals surface area contributed by atoms with Crippen LogP contribution in [0.25, 0.3) is 0 Å². The number of amides is 2. The van der Waals surface area contributed by atoms with Crippen molar-refractivity contribution < 1.29 is 14.4 Å². The minimum Gasteiger partial charge on any atom is -0.285 e. The lowest BCUT2D eigenvalue weighted by Crippen LogP contribution is -2.34. The van der Waals surface area contributed by atoms with Crippen molar-refractivity contribution in [1.29, 1.82) is 0 Å². The number of fused-ring (bicyclic) bond motifs is 1. The van der Waals surface area contributed by atoms with Crippen LogP contribution in [-0.4, -0.2) is 45.1 Å². The standard InChI is InChI=1S/C13H11NO3S2/c15-11(19-7-8-6-18-8)5-14-12(16)9-3-1-2-4-10(9)13(14)17/h1-4,8H,5-7H2. The summed E-state index contributed by atoms with van der Waals surface area (Å²) in [6, 6.07) is 6.67. The molecule has 0 spiro atoms. The summed E-state index contributed by atoms with van der Waals surface area (Å²) in [6.07, 6.45) is 0. The zero-order valence-electron chi connectivity index (χ0n) is 10.00. The lowest BCUT2D eigenvalue weighted by atomic mass is 10.1. The first kappa shape index (κ1) is 12.7.